The number of rotatable bonds is 3. The van der Waals surface area contributed by atoms with Crippen LogP contribution in [0.4, 0.5) is 26.3 Å². The first kappa shape index (κ1) is 51.9. The maximum Gasteiger partial charge on any atom is 1.00 e. The molecule has 7 rings (SSSR count). The smallest absolute Gasteiger partial charge is 0.870 e. The number of halogens is 6. The molecule has 7 unspecified atom stereocenters. The van der Waals surface area contributed by atoms with Gasteiger partial charge in [0.1, 0.15) is 0 Å². The van der Waals surface area contributed by atoms with Gasteiger partial charge in [0.15, 0.2) is 0 Å². The second-order valence-corrected chi connectivity index (χ2v) is 14.7. The van der Waals surface area contributed by atoms with E-state index in [0.29, 0.717) is 70.3 Å². The third-order valence-corrected chi connectivity index (χ3v) is 11.8. The molecule has 7 aliphatic rings. The summed E-state index contributed by atoms with van der Waals surface area (Å²) in [4.78, 5) is 33.1. The number of ether oxygens (including phenoxy) is 3. The van der Waals surface area contributed by atoms with Crippen LogP contribution in [-0.2, 0) is 28.6 Å². The second-order valence-electron chi connectivity index (χ2n) is 14.7. The van der Waals surface area contributed by atoms with Crippen LogP contribution in [0.15, 0.2) is 0 Å². The molecule has 0 radical (unpaired) electrons. The molecular weight excluding hydrogens is 724 g/mol. The number of carboxylic acids is 1. The van der Waals surface area contributed by atoms with E-state index in [-0.39, 0.29) is 101 Å². The fraction of sp³-hybridized carbons (Fsp3) is 0.914. The first-order chi connectivity index (χ1) is 23.0. The molecular formula is C35H54F6Na2O9. The molecule has 0 spiro atoms. The van der Waals surface area contributed by atoms with Gasteiger partial charge in [-0.1, -0.05) is 0 Å². The van der Waals surface area contributed by atoms with Gasteiger partial charge in [0.2, 0.25) is 0 Å². The van der Waals surface area contributed by atoms with Gasteiger partial charge in [-0.25, -0.2) is 26.3 Å². The zero-order chi connectivity index (χ0) is 36.7. The molecule has 7 fully saturated rings. The average Bonchev–Trinajstić information content (AvgIpc) is 3.58. The molecule has 52 heavy (non-hydrogen) atoms. The Balaban J connectivity index is 0.000000662. The van der Waals surface area contributed by atoms with Crippen molar-refractivity contribution in [3.8, 4) is 0 Å². The van der Waals surface area contributed by atoms with Crippen molar-refractivity contribution < 1.29 is 130 Å². The summed E-state index contributed by atoms with van der Waals surface area (Å²) in [6.45, 7) is 3.11. The van der Waals surface area contributed by atoms with Crippen LogP contribution in [0.2, 0.25) is 0 Å². The van der Waals surface area contributed by atoms with Crippen molar-refractivity contribution in [1.29, 1.82) is 0 Å². The Labute approximate surface area is 347 Å². The summed E-state index contributed by atoms with van der Waals surface area (Å²) >= 11 is 0. The number of fused-ring (bicyclic) bond motifs is 6. The fourth-order valence-corrected chi connectivity index (χ4v) is 9.02. The standard InChI is InChI=1S/2C10H14F2O2.C9H12F2O2.C5H10O.CH3O.2Na.H2O/c2*1-14-9(13)6-4-7-2-3-8(5-6)10(7,11)12;10-9(11)6-1-2-7(9)4-5(3-6)8(12)13;1-5-3-2-4-6-5;1-2;;;/h2*6-8H,2-5H2,1H3;5-7H,1-4H2,(H,12,13);5H,2-4H2,1H3;1H3;;;1H2/q;;;;-1;2*+1;/p-1. The Morgan fingerprint density at radius 3 is 1.04 bits per heavy atom. The van der Waals surface area contributed by atoms with Gasteiger partial charge in [-0.15, -0.1) is 0 Å². The van der Waals surface area contributed by atoms with Gasteiger partial charge in [0.25, 0.3) is 17.8 Å². The Kier molecular flexibility index (Phi) is 22.5. The van der Waals surface area contributed by atoms with Gasteiger partial charge in [-0.05, 0) is 96.8 Å². The van der Waals surface area contributed by atoms with Gasteiger partial charge in [0.05, 0.1) is 38.1 Å². The van der Waals surface area contributed by atoms with Gasteiger partial charge < -0.3 is 29.9 Å². The zero-order valence-corrected chi connectivity index (χ0v) is 35.4. The Bertz CT molecular complexity index is 1010. The number of aliphatic carboxylic acids is 1. The van der Waals surface area contributed by atoms with Crippen LogP contribution in [0.3, 0.4) is 0 Å². The van der Waals surface area contributed by atoms with Crippen LogP contribution in [0, 0.1) is 53.3 Å². The molecule has 0 aromatic heterocycles. The van der Waals surface area contributed by atoms with E-state index < -0.39 is 65.2 Å². The molecule has 1 aliphatic heterocycles. The van der Waals surface area contributed by atoms with E-state index in [0.717, 1.165) is 13.7 Å². The van der Waals surface area contributed by atoms with Gasteiger partial charge in [0, 0.05) is 42.1 Å². The van der Waals surface area contributed by atoms with Crippen LogP contribution in [0.25, 0.3) is 0 Å². The number of methoxy groups -OCH3 is 2. The molecule has 6 bridgehead atoms. The first-order valence-corrected chi connectivity index (χ1v) is 17.6. The number of carbonyl (C=O) groups excluding carboxylic acids is 2. The number of hydrogen-bond acceptors (Lipinski definition) is 8. The average molecular weight is 779 g/mol. The summed E-state index contributed by atoms with van der Waals surface area (Å²) in [5, 5.41) is 17.0. The summed E-state index contributed by atoms with van der Waals surface area (Å²) in [6.07, 6.45) is 7.86. The Hall–Kier alpha value is -0.130. The largest absolute Gasteiger partial charge is 1.00 e. The number of esters is 2. The van der Waals surface area contributed by atoms with Gasteiger partial charge in [-0.2, -0.15) is 7.11 Å². The monoisotopic (exact) mass is 778 g/mol. The minimum atomic E-state index is -2.59. The first-order valence-electron chi connectivity index (χ1n) is 17.6. The van der Waals surface area contributed by atoms with E-state index in [1.54, 1.807) is 0 Å². The Morgan fingerprint density at radius 2 is 0.865 bits per heavy atom. The summed E-state index contributed by atoms with van der Waals surface area (Å²) in [7, 11) is 3.38. The van der Waals surface area contributed by atoms with Gasteiger partial charge in [-0.3, -0.25) is 14.4 Å². The quantitative estimate of drug-likeness (QED) is 0.247. The maximum atomic E-state index is 13.4. The minimum Gasteiger partial charge on any atom is -0.870 e. The molecule has 0 aromatic carbocycles. The second kappa shape index (κ2) is 22.6. The van der Waals surface area contributed by atoms with Crippen molar-refractivity contribution in [2.75, 3.05) is 27.9 Å². The van der Waals surface area contributed by atoms with Crippen molar-refractivity contribution >= 4 is 17.9 Å². The van der Waals surface area contributed by atoms with Gasteiger partial charge >= 0.3 is 77.0 Å². The molecule has 292 valence electrons. The van der Waals surface area contributed by atoms with E-state index in [1.807, 2.05) is 0 Å². The summed E-state index contributed by atoms with van der Waals surface area (Å²) in [5.41, 5.74) is 0. The van der Waals surface area contributed by atoms with E-state index in [9.17, 15) is 40.7 Å². The van der Waals surface area contributed by atoms with E-state index >= 15 is 0 Å². The molecule has 2 N–H and O–H groups in total. The van der Waals surface area contributed by atoms with Crippen molar-refractivity contribution in [1.82, 2.24) is 0 Å². The SMILES string of the molecule is CC1CCCO1.COC(=O)C1CC2CCC(C1)C2(F)F.COC(=O)C1CC2CCC(C1)C2(F)F.C[O-].O=C(O)C1CC2CCC(C1)C2(F)F.[Na+].[Na+].[OH-]. The van der Waals surface area contributed by atoms with E-state index in [2.05, 4.69) is 16.4 Å². The number of carboxylic acid groups (broad SMARTS) is 1. The van der Waals surface area contributed by atoms with Crippen LogP contribution >= 0.6 is 0 Å². The van der Waals surface area contributed by atoms with E-state index in [1.165, 1.54) is 27.1 Å². The summed E-state index contributed by atoms with van der Waals surface area (Å²) < 4.78 is 94.7. The number of carbonyl (C=O) groups is 3. The van der Waals surface area contributed by atoms with Crippen molar-refractivity contribution in [3.63, 3.8) is 0 Å². The van der Waals surface area contributed by atoms with Crippen molar-refractivity contribution in [3.05, 3.63) is 0 Å². The molecule has 0 amide bonds. The molecule has 6 aliphatic carbocycles. The third kappa shape index (κ3) is 12.4. The van der Waals surface area contributed by atoms with Crippen molar-refractivity contribution in [2.45, 2.75) is 121 Å². The van der Waals surface area contributed by atoms with Crippen LogP contribution in [0.1, 0.15) is 96.8 Å². The predicted molar refractivity (Wildman–Crippen MR) is 166 cm³/mol. The molecule has 17 heteroatoms. The molecule has 7 atom stereocenters. The predicted octanol–water partition coefficient (Wildman–Crippen LogP) is 0.597. The molecule has 0 aromatic rings. The topological polar surface area (TPSA) is 152 Å². The van der Waals surface area contributed by atoms with Crippen LogP contribution in [-0.4, -0.2) is 80.3 Å². The number of alkyl halides is 6. The normalized spacial score (nSPS) is 35.8. The summed E-state index contributed by atoms with van der Waals surface area (Å²) in [6, 6.07) is 0. The maximum absolute atomic E-state index is 13.4. The molecule has 9 nitrogen and oxygen atoms in total. The van der Waals surface area contributed by atoms with Crippen LogP contribution in [0.5, 0.6) is 0 Å². The third-order valence-electron chi connectivity index (χ3n) is 11.8. The summed E-state index contributed by atoms with van der Waals surface area (Å²) in [5.74, 6) is -14.1. The molecule has 6 saturated carbocycles. The zero-order valence-electron chi connectivity index (χ0n) is 31.4. The van der Waals surface area contributed by atoms with Crippen LogP contribution < -0.4 is 64.2 Å². The minimum absolute atomic E-state index is 0. The fourth-order valence-electron chi connectivity index (χ4n) is 9.02. The molecule has 1 heterocycles. The van der Waals surface area contributed by atoms with E-state index in [4.69, 9.17) is 14.9 Å². The van der Waals surface area contributed by atoms with Crippen molar-refractivity contribution in [2.24, 2.45) is 53.3 Å². The molecule has 1 saturated heterocycles. The number of hydrogen-bond donors (Lipinski definition) is 1. The Morgan fingerprint density at radius 1 is 0.596 bits per heavy atom.